The van der Waals surface area contributed by atoms with Gasteiger partial charge in [-0.3, -0.25) is 5.10 Å². The highest BCUT2D eigenvalue weighted by atomic mass is 19.1. The van der Waals surface area contributed by atoms with Crippen LogP contribution in [0.25, 0.3) is 11.4 Å². The number of hydrogen-bond donors (Lipinski definition) is 2. The number of aromatic nitrogens is 3. The molecule has 1 unspecified atom stereocenters. The first-order chi connectivity index (χ1) is 9.13. The van der Waals surface area contributed by atoms with E-state index in [0.717, 1.165) is 19.5 Å². The minimum atomic E-state index is -0.237. The molecule has 3 rings (SSSR count). The van der Waals surface area contributed by atoms with Gasteiger partial charge in [0.1, 0.15) is 5.82 Å². The number of nitrogens with zero attached hydrogens (tertiary/aromatic N) is 3. The quantitative estimate of drug-likeness (QED) is 0.858. The van der Waals surface area contributed by atoms with E-state index in [2.05, 4.69) is 15.2 Å². The number of nitrogens with two attached hydrogens (primary N) is 1. The Hall–Kier alpha value is -1.95. The molecule has 0 radical (unpaired) electrons. The van der Waals surface area contributed by atoms with Gasteiger partial charge in [-0.2, -0.15) is 4.98 Å². The molecule has 0 saturated carbocycles. The number of benzene rings is 1. The molecule has 19 heavy (non-hydrogen) atoms. The molecule has 3 N–H and O–H groups in total. The third-order valence-corrected chi connectivity index (χ3v) is 3.43. The van der Waals surface area contributed by atoms with Gasteiger partial charge >= 0.3 is 0 Å². The SMILES string of the molecule is Cc1ccc(-c2nc(N3CCC(N)C3)n[nH]2)cc1F. The summed E-state index contributed by atoms with van der Waals surface area (Å²) in [4.78, 5) is 6.44. The number of aryl methyl sites for hydroxylation is 1. The van der Waals surface area contributed by atoms with Crippen molar-refractivity contribution < 1.29 is 4.39 Å². The second-order valence-electron chi connectivity index (χ2n) is 4.94. The molecular weight excluding hydrogens is 245 g/mol. The summed E-state index contributed by atoms with van der Waals surface area (Å²) in [7, 11) is 0. The minimum Gasteiger partial charge on any atom is -0.338 e. The van der Waals surface area contributed by atoms with E-state index in [1.165, 1.54) is 6.07 Å². The molecule has 1 aromatic carbocycles. The van der Waals surface area contributed by atoms with Crippen molar-refractivity contribution in [1.29, 1.82) is 0 Å². The molecule has 1 fully saturated rings. The average molecular weight is 261 g/mol. The van der Waals surface area contributed by atoms with Gasteiger partial charge < -0.3 is 10.6 Å². The van der Waals surface area contributed by atoms with Crippen molar-refractivity contribution in [1.82, 2.24) is 15.2 Å². The van der Waals surface area contributed by atoms with Gasteiger partial charge in [-0.15, -0.1) is 5.10 Å². The summed E-state index contributed by atoms with van der Waals surface area (Å²) in [6, 6.07) is 5.21. The maximum Gasteiger partial charge on any atom is 0.245 e. The lowest BCUT2D eigenvalue weighted by Gasteiger charge is -2.11. The van der Waals surface area contributed by atoms with Crippen molar-refractivity contribution in [3.05, 3.63) is 29.6 Å². The van der Waals surface area contributed by atoms with E-state index in [9.17, 15) is 4.39 Å². The van der Waals surface area contributed by atoms with Crippen LogP contribution < -0.4 is 10.6 Å². The number of hydrogen-bond acceptors (Lipinski definition) is 4. The van der Waals surface area contributed by atoms with E-state index in [1.807, 2.05) is 11.0 Å². The van der Waals surface area contributed by atoms with Crippen LogP contribution in [0, 0.1) is 12.7 Å². The molecule has 1 aliphatic heterocycles. The van der Waals surface area contributed by atoms with Crippen LogP contribution in [0.2, 0.25) is 0 Å². The molecule has 1 aliphatic rings. The fraction of sp³-hybridized carbons (Fsp3) is 0.385. The maximum absolute atomic E-state index is 13.5. The first-order valence-corrected chi connectivity index (χ1v) is 6.33. The van der Waals surface area contributed by atoms with Crippen molar-refractivity contribution in [3.63, 3.8) is 0 Å². The lowest BCUT2D eigenvalue weighted by Crippen LogP contribution is -2.26. The maximum atomic E-state index is 13.5. The Balaban J connectivity index is 1.86. The van der Waals surface area contributed by atoms with E-state index in [-0.39, 0.29) is 11.9 Å². The summed E-state index contributed by atoms with van der Waals surface area (Å²) >= 11 is 0. The van der Waals surface area contributed by atoms with Gasteiger partial charge in [0.15, 0.2) is 5.82 Å². The van der Waals surface area contributed by atoms with Gasteiger partial charge in [0.25, 0.3) is 0 Å². The Morgan fingerprint density at radius 3 is 3.00 bits per heavy atom. The highest BCUT2D eigenvalue weighted by Crippen LogP contribution is 2.21. The Morgan fingerprint density at radius 2 is 2.32 bits per heavy atom. The Morgan fingerprint density at radius 1 is 1.47 bits per heavy atom. The number of H-pyrrole nitrogens is 1. The standard InChI is InChI=1S/C13H16FN5/c1-8-2-3-9(6-11(8)14)12-16-13(18-17-12)19-5-4-10(15)7-19/h2-3,6,10H,4-5,7,15H2,1H3,(H,16,17,18). The van der Waals surface area contributed by atoms with Crippen molar-refractivity contribution >= 4 is 5.95 Å². The summed E-state index contributed by atoms with van der Waals surface area (Å²) in [6.45, 7) is 3.36. The molecule has 2 aromatic rings. The number of rotatable bonds is 2. The molecular formula is C13H16FN5. The van der Waals surface area contributed by atoms with Gasteiger partial charge in [0, 0.05) is 24.7 Å². The van der Waals surface area contributed by atoms with Crippen LogP contribution in [0.4, 0.5) is 10.3 Å². The second-order valence-corrected chi connectivity index (χ2v) is 4.94. The topological polar surface area (TPSA) is 70.8 Å². The molecule has 5 nitrogen and oxygen atoms in total. The summed E-state index contributed by atoms with van der Waals surface area (Å²) in [5.41, 5.74) is 7.18. The molecule has 2 heterocycles. The van der Waals surface area contributed by atoms with Crippen LogP contribution in [0.1, 0.15) is 12.0 Å². The van der Waals surface area contributed by atoms with Crippen molar-refractivity contribution in [2.24, 2.45) is 5.73 Å². The molecule has 1 saturated heterocycles. The van der Waals surface area contributed by atoms with Crippen LogP contribution in [0.5, 0.6) is 0 Å². The lowest BCUT2D eigenvalue weighted by atomic mass is 10.1. The highest BCUT2D eigenvalue weighted by Gasteiger charge is 2.22. The number of aromatic amines is 1. The fourth-order valence-corrected chi connectivity index (χ4v) is 2.23. The average Bonchev–Trinajstić information content (AvgIpc) is 3.01. The normalized spacial score (nSPS) is 19.1. The molecule has 0 spiro atoms. The summed E-state index contributed by atoms with van der Waals surface area (Å²) in [5.74, 6) is 0.969. The van der Waals surface area contributed by atoms with Gasteiger partial charge in [0.2, 0.25) is 5.95 Å². The van der Waals surface area contributed by atoms with Gasteiger partial charge in [-0.05, 0) is 25.0 Å². The van der Waals surface area contributed by atoms with E-state index in [1.54, 1.807) is 13.0 Å². The smallest absolute Gasteiger partial charge is 0.245 e. The molecule has 100 valence electrons. The van der Waals surface area contributed by atoms with Crippen molar-refractivity contribution in [3.8, 4) is 11.4 Å². The molecule has 1 atom stereocenters. The third kappa shape index (κ3) is 2.31. The molecule has 6 heteroatoms. The van der Waals surface area contributed by atoms with E-state index in [0.29, 0.717) is 22.9 Å². The largest absolute Gasteiger partial charge is 0.338 e. The Kier molecular flexibility index (Phi) is 2.94. The summed E-state index contributed by atoms with van der Waals surface area (Å²) in [6.07, 6.45) is 0.947. The van der Waals surface area contributed by atoms with E-state index in [4.69, 9.17) is 5.73 Å². The molecule has 0 bridgehead atoms. The van der Waals surface area contributed by atoms with Crippen molar-refractivity contribution in [2.45, 2.75) is 19.4 Å². The molecule has 0 aliphatic carbocycles. The fourth-order valence-electron chi connectivity index (χ4n) is 2.23. The zero-order chi connectivity index (χ0) is 13.4. The number of nitrogens with one attached hydrogen (secondary N) is 1. The Labute approximate surface area is 110 Å². The van der Waals surface area contributed by atoms with Gasteiger partial charge in [-0.25, -0.2) is 4.39 Å². The monoisotopic (exact) mass is 261 g/mol. The first kappa shape index (κ1) is 12.1. The van der Waals surface area contributed by atoms with E-state index < -0.39 is 0 Å². The van der Waals surface area contributed by atoms with Gasteiger partial charge in [-0.1, -0.05) is 12.1 Å². The van der Waals surface area contributed by atoms with Gasteiger partial charge in [0.05, 0.1) is 0 Å². The zero-order valence-corrected chi connectivity index (χ0v) is 10.7. The number of halogens is 1. The first-order valence-electron chi connectivity index (χ1n) is 6.33. The highest BCUT2D eigenvalue weighted by molar-refractivity contribution is 5.57. The van der Waals surface area contributed by atoms with Crippen LogP contribution >= 0.6 is 0 Å². The summed E-state index contributed by atoms with van der Waals surface area (Å²) < 4.78 is 13.5. The van der Waals surface area contributed by atoms with Crippen LogP contribution in [-0.2, 0) is 0 Å². The van der Waals surface area contributed by atoms with Crippen molar-refractivity contribution in [2.75, 3.05) is 18.0 Å². The summed E-state index contributed by atoms with van der Waals surface area (Å²) in [5, 5.41) is 7.02. The third-order valence-electron chi connectivity index (χ3n) is 3.43. The second kappa shape index (κ2) is 4.62. The zero-order valence-electron chi connectivity index (χ0n) is 10.7. The number of anilines is 1. The van der Waals surface area contributed by atoms with Crippen LogP contribution in [-0.4, -0.2) is 34.3 Å². The van der Waals surface area contributed by atoms with E-state index >= 15 is 0 Å². The van der Waals surface area contributed by atoms with Crippen LogP contribution in [0.15, 0.2) is 18.2 Å². The van der Waals surface area contributed by atoms with Crippen LogP contribution in [0.3, 0.4) is 0 Å². The predicted octanol–water partition coefficient (Wildman–Crippen LogP) is 1.46. The minimum absolute atomic E-state index is 0.179. The Bertz CT molecular complexity index is 594. The molecule has 0 amide bonds. The lowest BCUT2D eigenvalue weighted by molar-refractivity contribution is 0.619. The predicted molar refractivity (Wildman–Crippen MR) is 71.3 cm³/mol. The molecule has 1 aromatic heterocycles.